The van der Waals surface area contributed by atoms with Crippen molar-refractivity contribution in [3.63, 3.8) is 0 Å². The summed E-state index contributed by atoms with van der Waals surface area (Å²) >= 11 is 1.33. The van der Waals surface area contributed by atoms with E-state index in [-0.39, 0.29) is 18.1 Å². The van der Waals surface area contributed by atoms with Crippen LogP contribution in [0.15, 0.2) is 131 Å². The number of aliphatic hydroxyl groups is 1. The molecule has 0 fully saturated rings. The average molecular weight is 693 g/mol. The highest BCUT2D eigenvalue weighted by molar-refractivity contribution is 7.13. The minimum absolute atomic E-state index is 0.0184. The van der Waals surface area contributed by atoms with Crippen molar-refractivity contribution in [1.82, 2.24) is 4.90 Å². The summed E-state index contributed by atoms with van der Waals surface area (Å²) in [5, 5.41) is 38.4. The minimum Gasteiger partial charge on any atom is -0.493 e. The number of nitrogens with zero attached hydrogens (tertiary/aromatic N) is 4. The van der Waals surface area contributed by atoms with Gasteiger partial charge in [0.05, 0.1) is 6.61 Å². The van der Waals surface area contributed by atoms with E-state index in [1.165, 1.54) is 47.8 Å². The van der Waals surface area contributed by atoms with Crippen LogP contribution in [0.25, 0.3) is 12.2 Å². The van der Waals surface area contributed by atoms with Gasteiger partial charge in [-0.15, -0.1) is 11.3 Å². The number of hydrogen-bond donors (Lipinski definition) is 1. The molecule has 7 nitrogen and oxygen atoms in total. The van der Waals surface area contributed by atoms with Gasteiger partial charge in [-0.05, 0) is 42.3 Å². The summed E-state index contributed by atoms with van der Waals surface area (Å²) in [7, 11) is 1.90. The fourth-order valence-corrected chi connectivity index (χ4v) is 6.47. The van der Waals surface area contributed by atoms with Crippen molar-refractivity contribution in [2.45, 2.75) is 24.8 Å². The van der Waals surface area contributed by atoms with Gasteiger partial charge >= 0.3 is 6.18 Å². The molecular formula is C39H31F3N4O3S. The smallest absolute Gasteiger partial charge is 0.437 e. The zero-order valence-electron chi connectivity index (χ0n) is 26.9. The summed E-state index contributed by atoms with van der Waals surface area (Å²) in [6.07, 6.45) is 6.23. The van der Waals surface area contributed by atoms with Gasteiger partial charge in [-0.3, -0.25) is 0 Å². The number of thiophene rings is 1. The molecule has 2 aliphatic rings. The highest BCUT2D eigenvalue weighted by Crippen LogP contribution is 2.56. The van der Waals surface area contributed by atoms with Gasteiger partial charge in [0.1, 0.15) is 36.1 Å². The molecule has 0 bridgehead atoms. The number of allylic oxidation sites excluding steroid dienone is 5. The highest BCUT2D eigenvalue weighted by atomic mass is 32.1. The van der Waals surface area contributed by atoms with Crippen molar-refractivity contribution < 1.29 is 27.8 Å². The number of alkyl halides is 3. The monoisotopic (exact) mass is 692 g/mol. The van der Waals surface area contributed by atoms with E-state index in [1.807, 2.05) is 66.6 Å². The quantitative estimate of drug-likeness (QED) is 0.201. The molecule has 0 saturated carbocycles. The molecule has 2 unspecified atom stereocenters. The lowest BCUT2D eigenvalue weighted by molar-refractivity contribution is -0.249. The lowest BCUT2D eigenvalue weighted by Crippen LogP contribution is -2.43. The first-order valence-corrected chi connectivity index (χ1v) is 16.3. The number of nitriles is 3. The van der Waals surface area contributed by atoms with Crippen molar-refractivity contribution in [3.05, 3.63) is 152 Å². The van der Waals surface area contributed by atoms with Gasteiger partial charge in [-0.25, -0.2) is 0 Å². The molecule has 50 heavy (non-hydrogen) atoms. The average Bonchev–Trinajstić information content (AvgIpc) is 3.73. The van der Waals surface area contributed by atoms with E-state index in [0.29, 0.717) is 24.4 Å². The maximum Gasteiger partial charge on any atom is 0.437 e. The minimum atomic E-state index is -5.06. The molecular weight excluding hydrogens is 662 g/mol. The van der Waals surface area contributed by atoms with Gasteiger partial charge in [0.25, 0.3) is 5.60 Å². The normalized spacial score (nSPS) is 19.0. The Bertz CT molecular complexity index is 2010. The van der Waals surface area contributed by atoms with Crippen LogP contribution in [-0.2, 0) is 21.7 Å². The van der Waals surface area contributed by atoms with E-state index in [9.17, 15) is 20.9 Å². The molecule has 1 aliphatic heterocycles. The van der Waals surface area contributed by atoms with E-state index in [2.05, 4.69) is 6.08 Å². The Morgan fingerprint density at radius 1 is 1.00 bits per heavy atom. The Kier molecular flexibility index (Phi) is 11.1. The third kappa shape index (κ3) is 7.43. The molecule has 2 heterocycles. The maximum absolute atomic E-state index is 15.1. The van der Waals surface area contributed by atoms with E-state index < -0.39 is 34.3 Å². The van der Waals surface area contributed by atoms with Gasteiger partial charge in [0.15, 0.2) is 11.3 Å². The van der Waals surface area contributed by atoms with Crippen LogP contribution in [-0.4, -0.2) is 36.4 Å². The lowest BCUT2D eigenvalue weighted by Gasteiger charge is -2.33. The third-order valence-electron chi connectivity index (χ3n) is 8.19. The molecule has 1 aliphatic carbocycles. The summed E-state index contributed by atoms with van der Waals surface area (Å²) in [5.41, 5.74) is -3.25. The van der Waals surface area contributed by atoms with Gasteiger partial charge in [0.2, 0.25) is 0 Å². The first kappa shape index (κ1) is 35.5. The molecule has 0 amide bonds. The van der Waals surface area contributed by atoms with Crippen LogP contribution in [0.3, 0.4) is 0 Å². The zero-order valence-corrected chi connectivity index (χ0v) is 27.7. The van der Waals surface area contributed by atoms with E-state index in [4.69, 9.17) is 9.47 Å². The Hall–Kier alpha value is -5.80. The van der Waals surface area contributed by atoms with Crippen LogP contribution in [0, 0.1) is 39.9 Å². The number of benzene rings is 2. The first-order valence-electron chi connectivity index (χ1n) is 15.5. The van der Waals surface area contributed by atoms with Crippen LogP contribution < -0.4 is 0 Å². The lowest BCUT2D eigenvalue weighted by atomic mass is 9.84. The molecule has 0 spiro atoms. The number of rotatable bonds is 11. The van der Waals surface area contributed by atoms with Crippen molar-refractivity contribution in [2.24, 2.45) is 5.92 Å². The Morgan fingerprint density at radius 3 is 2.28 bits per heavy atom. The van der Waals surface area contributed by atoms with Crippen molar-refractivity contribution in [2.75, 3.05) is 20.2 Å². The summed E-state index contributed by atoms with van der Waals surface area (Å²) in [6.45, 7) is 0.879. The molecule has 11 heteroatoms. The van der Waals surface area contributed by atoms with Crippen LogP contribution >= 0.6 is 11.3 Å². The number of likely N-dealkylation sites (N-methyl/N-ethyl adjacent to an activating group) is 1. The summed E-state index contributed by atoms with van der Waals surface area (Å²) < 4.78 is 57.0. The molecule has 2 atom stereocenters. The molecule has 252 valence electrons. The molecule has 1 aromatic heterocycles. The van der Waals surface area contributed by atoms with Crippen molar-refractivity contribution >= 4 is 23.5 Å². The fraction of sp³-hybridized carbons (Fsp3) is 0.205. The van der Waals surface area contributed by atoms with Gasteiger partial charge in [-0.1, -0.05) is 78.9 Å². The SMILES string of the molecule is CN(CCO)C1=CCC(/C=C/c2ccc(/C=C/C3=C(C#N)C(=C(C#N)C#N)OC3(c3ccccc3)C(F)(F)F)s2)C(OCc2ccccc2)=C1. The number of hydrogen-bond acceptors (Lipinski definition) is 8. The Balaban J connectivity index is 1.45. The molecule has 2 aromatic carbocycles. The van der Waals surface area contributed by atoms with Crippen LogP contribution in [0.2, 0.25) is 0 Å². The van der Waals surface area contributed by atoms with Crippen molar-refractivity contribution in [1.29, 1.82) is 15.8 Å². The van der Waals surface area contributed by atoms with E-state index in [1.54, 1.807) is 30.3 Å². The molecule has 0 radical (unpaired) electrons. The first-order chi connectivity index (χ1) is 24.1. The summed E-state index contributed by atoms with van der Waals surface area (Å²) in [6, 6.07) is 25.1. The topological polar surface area (TPSA) is 113 Å². The predicted molar refractivity (Wildman–Crippen MR) is 184 cm³/mol. The maximum atomic E-state index is 15.1. The van der Waals surface area contributed by atoms with Gasteiger partial charge in [0, 0.05) is 46.1 Å². The third-order valence-corrected chi connectivity index (χ3v) is 9.20. The second kappa shape index (κ2) is 15.6. The number of halogens is 3. The predicted octanol–water partition coefficient (Wildman–Crippen LogP) is 8.31. The van der Waals surface area contributed by atoms with Crippen LogP contribution in [0.4, 0.5) is 13.2 Å². The second-order valence-electron chi connectivity index (χ2n) is 11.3. The summed E-state index contributed by atoms with van der Waals surface area (Å²) in [4.78, 5) is 3.39. The summed E-state index contributed by atoms with van der Waals surface area (Å²) in [5.74, 6) is -0.0228. The van der Waals surface area contributed by atoms with Crippen molar-refractivity contribution in [3.8, 4) is 18.2 Å². The highest BCUT2D eigenvalue weighted by Gasteiger charge is 2.65. The van der Waals surface area contributed by atoms with E-state index >= 15 is 13.2 Å². The Morgan fingerprint density at radius 2 is 1.66 bits per heavy atom. The Labute approximate surface area is 292 Å². The van der Waals surface area contributed by atoms with Gasteiger partial charge < -0.3 is 19.5 Å². The van der Waals surface area contributed by atoms with Gasteiger partial charge in [-0.2, -0.15) is 29.0 Å². The zero-order chi connectivity index (χ0) is 35.7. The molecule has 3 aromatic rings. The molecule has 0 saturated heterocycles. The molecule has 1 N–H and O–H groups in total. The standard InChI is InChI=1S/C39H31F3N4O3S/c1-46(20-21-47)31-14-12-28(36(22-31)48-26-27-8-4-2-5-9-27)13-15-32-16-17-33(50-32)18-19-35-34(25-45)37(29(23-43)24-44)49-38(35,39(40,41)42)30-10-6-3-7-11-30/h2-11,13-19,22,28,47H,12,20-21,26H2,1H3/b15-13+,19-18+. The van der Waals surface area contributed by atoms with E-state index in [0.717, 1.165) is 21.9 Å². The second-order valence-corrected chi connectivity index (χ2v) is 12.5. The molecule has 5 rings (SSSR count). The number of aliphatic hydroxyl groups excluding tert-OH is 1. The fourth-order valence-electron chi connectivity index (χ4n) is 5.64. The van der Waals surface area contributed by atoms with Crippen LogP contribution in [0.5, 0.6) is 0 Å². The van der Waals surface area contributed by atoms with Crippen LogP contribution in [0.1, 0.15) is 27.3 Å². The number of ether oxygens (including phenoxy) is 2. The largest absolute Gasteiger partial charge is 0.493 e.